The number of hydrogen-bond donors (Lipinski definition) is 3. The molecule has 6 heteroatoms. The van der Waals surface area contributed by atoms with E-state index in [0.717, 1.165) is 16.7 Å². The van der Waals surface area contributed by atoms with E-state index >= 15 is 0 Å². The van der Waals surface area contributed by atoms with Crippen LogP contribution in [0.1, 0.15) is 65.5 Å². The molecule has 0 spiro atoms. The van der Waals surface area contributed by atoms with Crippen LogP contribution < -0.4 is 0 Å². The van der Waals surface area contributed by atoms with E-state index in [1.807, 2.05) is 43.3 Å². The highest BCUT2D eigenvalue weighted by molar-refractivity contribution is 5.76. The summed E-state index contributed by atoms with van der Waals surface area (Å²) in [6.07, 6.45) is 6.38. The van der Waals surface area contributed by atoms with Crippen molar-refractivity contribution < 1.29 is 29.7 Å². The van der Waals surface area contributed by atoms with Gasteiger partial charge in [-0.15, -0.1) is 0 Å². The van der Waals surface area contributed by atoms with E-state index in [1.54, 1.807) is 40.7 Å². The summed E-state index contributed by atoms with van der Waals surface area (Å²) < 4.78 is 0. The molecule has 1 rings (SSSR count). The average molecular weight is 471 g/mol. The summed E-state index contributed by atoms with van der Waals surface area (Å²) in [4.78, 5) is 35.3. The van der Waals surface area contributed by atoms with Crippen molar-refractivity contribution in [1.29, 1.82) is 0 Å². The second-order valence-electron chi connectivity index (χ2n) is 10.6. The van der Waals surface area contributed by atoms with Crippen molar-refractivity contribution in [2.75, 3.05) is 0 Å². The Labute approximate surface area is 202 Å². The minimum Gasteiger partial charge on any atom is -0.481 e. The van der Waals surface area contributed by atoms with Crippen molar-refractivity contribution in [3.05, 3.63) is 71.3 Å². The highest BCUT2D eigenvalue weighted by atomic mass is 16.4. The Morgan fingerprint density at radius 2 is 1.35 bits per heavy atom. The zero-order valence-corrected chi connectivity index (χ0v) is 21.1. The molecule has 1 unspecified atom stereocenters. The molecule has 6 nitrogen and oxygen atoms in total. The van der Waals surface area contributed by atoms with Crippen LogP contribution in [0.25, 0.3) is 0 Å². The molecule has 34 heavy (non-hydrogen) atoms. The van der Waals surface area contributed by atoms with E-state index in [9.17, 15) is 29.7 Å². The molecular weight excluding hydrogens is 432 g/mol. The summed E-state index contributed by atoms with van der Waals surface area (Å²) in [5.74, 6) is -2.74. The first-order valence-corrected chi connectivity index (χ1v) is 11.3. The Morgan fingerprint density at radius 3 is 1.79 bits per heavy atom. The lowest BCUT2D eigenvalue weighted by Crippen LogP contribution is -2.31. The molecule has 0 aliphatic carbocycles. The van der Waals surface area contributed by atoms with Gasteiger partial charge in [0, 0.05) is 0 Å². The van der Waals surface area contributed by atoms with Crippen LogP contribution in [0.15, 0.2) is 60.2 Å². The van der Waals surface area contributed by atoms with E-state index < -0.39 is 34.2 Å². The number of rotatable bonds is 13. The molecule has 1 atom stereocenters. The molecule has 0 bridgehead atoms. The molecule has 1 aromatic rings. The number of carboxylic acids is 3. The van der Waals surface area contributed by atoms with Gasteiger partial charge in [-0.3, -0.25) is 14.4 Å². The molecule has 1 aromatic carbocycles. The summed E-state index contributed by atoms with van der Waals surface area (Å²) in [6.45, 7) is 14.0. The van der Waals surface area contributed by atoms with Crippen LogP contribution in [0.4, 0.5) is 0 Å². The van der Waals surface area contributed by atoms with Crippen LogP contribution >= 0.6 is 0 Å². The zero-order valence-electron chi connectivity index (χ0n) is 21.1. The Bertz CT molecular complexity index is 996. The summed E-state index contributed by atoms with van der Waals surface area (Å²) in [5, 5.41) is 29.0. The summed E-state index contributed by atoms with van der Waals surface area (Å²) in [6, 6.07) is 7.39. The highest BCUT2D eigenvalue weighted by Crippen LogP contribution is 2.34. The predicted octanol–water partition coefficient (Wildman–Crippen LogP) is 5.92. The van der Waals surface area contributed by atoms with Crippen molar-refractivity contribution in [2.45, 2.75) is 67.2 Å². The number of benzene rings is 1. The number of carboxylic acid groups (broad SMARTS) is 3. The smallest absolute Gasteiger partial charge is 0.310 e. The standard InChI is InChI=1S/C28H38O6/c1-8-19(15-26(3,4)23(29)30)13-20(9-2)17-28(7,25(33)34)18-22-12-10-11-21(14-22)16-27(5,6)24(31)32/h8-14H,2,15-18H2,1,3-7H3,(H,29,30)(H,31,32)(H,33,34)/b19-8+,20-13+. The Kier molecular flexibility index (Phi) is 9.62. The maximum absolute atomic E-state index is 12.3. The van der Waals surface area contributed by atoms with Crippen LogP contribution in [0, 0.1) is 16.2 Å². The van der Waals surface area contributed by atoms with E-state index in [-0.39, 0.29) is 12.8 Å². The SMILES string of the molecule is C=C/C(=C\C(=C/C)CC(C)(C)C(=O)O)CC(C)(Cc1cccc(CC(C)(C)C(=O)O)c1)C(=O)O. The fourth-order valence-electron chi connectivity index (χ4n) is 3.79. The van der Waals surface area contributed by atoms with Gasteiger partial charge in [0.15, 0.2) is 0 Å². The van der Waals surface area contributed by atoms with Crippen molar-refractivity contribution in [3.8, 4) is 0 Å². The van der Waals surface area contributed by atoms with Gasteiger partial charge in [0.25, 0.3) is 0 Å². The van der Waals surface area contributed by atoms with E-state index in [0.29, 0.717) is 18.4 Å². The predicted molar refractivity (Wildman–Crippen MR) is 134 cm³/mol. The minimum absolute atomic E-state index is 0.210. The van der Waals surface area contributed by atoms with E-state index in [2.05, 4.69) is 6.58 Å². The second-order valence-corrected chi connectivity index (χ2v) is 10.6. The Hall–Kier alpha value is -3.15. The maximum atomic E-state index is 12.3. The average Bonchev–Trinajstić information content (AvgIpc) is 2.71. The van der Waals surface area contributed by atoms with Gasteiger partial charge >= 0.3 is 17.9 Å². The molecule has 0 amide bonds. The lowest BCUT2D eigenvalue weighted by Gasteiger charge is -2.27. The minimum atomic E-state index is -1.14. The molecule has 3 N–H and O–H groups in total. The van der Waals surface area contributed by atoms with Crippen molar-refractivity contribution >= 4 is 17.9 Å². The molecule has 0 fully saturated rings. The van der Waals surface area contributed by atoms with Gasteiger partial charge < -0.3 is 15.3 Å². The van der Waals surface area contributed by atoms with Crippen LogP contribution in [-0.4, -0.2) is 33.2 Å². The summed E-state index contributed by atoms with van der Waals surface area (Å²) in [7, 11) is 0. The molecule has 0 saturated carbocycles. The normalized spacial score (nSPS) is 14.9. The zero-order chi connectivity index (χ0) is 26.3. The van der Waals surface area contributed by atoms with Gasteiger partial charge in [0.05, 0.1) is 16.2 Å². The van der Waals surface area contributed by atoms with Crippen molar-refractivity contribution in [2.24, 2.45) is 16.2 Å². The van der Waals surface area contributed by atoms with Gasteiger partial charge in [0.1, 0.15) is 0 Å². The molecule has 0 radical (unpaired) electrons. The number of carbonyl (C=O) groups is 3. The van der Waals surface area contributed by atoms with Gasteiger partial charge in [-0.2, -0.15) is 0 Å². The van der Waals surface area contributed by atoms with Gasteiger partial charge in [-0.05, 0) is 83.9 Å². The van der Waals surface area contributed by atoms with Gasteiger partial charge in [-0.25, -0.2) is 0 Å². The van der Waals surface area contributed by atoms with Crippen LogP contribution in [0.2, 0.25) is 0 Å². The summed E-state index contributed by atoms with van der Waals surface area (Å²) >= 11 is 0. The Balaban J connectivity index is 3.21. The first-order valence-electron chi connectivity index (χ1n) is 11.3. The first kappa shape index (κ1) is 28.9. The third kappa shape index (κ3) is 8.01. The first-order chi connectivity index (χ1) is 15.6. The molecular formula is C28H38O6. The van der Waals surface area contributed by atoms with E-state index in [1.165, 1.54) is 0 Å². The number of hydrogen-bond acceptors (Lipinski definition) is 3. The van der Waals surface area contributed by atoms with Crippen molar-refractivity contribution in [3.63, 3.8) is 0 Å². The second kappa shape index (κ2) is 11.3. The monoisotopic (exact) mass is 470 g/mol. The van der Waals surface area contributed by atoms with Crippen LogP contribution in [-0.2, 0) is 27.2 Å². The molecule has 0 aromatic heterocycles. The van der Waals surface area contributed by atoms with Gasteiger partial charge in [0.2, 0.25) is 0 Å². The fraction of sp³-hybridized carbons (Fsp3) is 0.464. The summed E-state index contributed by atoms with van der Waals surface area (Å²) in [5.41, 5.74) is 0.136. The van der Waals surface area contributed by atoms with E-state index in [4.69, 9.17) is 0 Å². The number of aliphatic carboxylic acids is 3. The fourth-order valence-corrected chi connectivity index (χ4v) is 3.79. The molecule has 0 aliphatic rings. The highest BCUT2D eigenvalue weighted by Gasteiger charge is 2.35. The molecule has 0 saturated heterocycles. The van der Waals surface area contributed by atoms with Crippen LogP contribution in [0.5, 0.6) is 0 Å². The van der Waals surface area contributed by atoms with Crippen LogP contribution in [0.3, 0.4) is 0 Å². The molecule has 186 valence electrons. The van der Waals surface area contributed by atoms with Crippen molar-refractivity contribution in [1.82, 2.24) is 0 Å². The quantitative estimate of drug-likeness (QED) is 0.308. The lowest BCUT2D eigenvalue weighted by molar-refractivity contribution is -0.148. The largest absolute Gasteiger partial charge is 0.481 e. The van der Waals surface area contributed by atoms with Gasteiger partial charge in [-0.1, -0.05) is 54.6 Å². The third-order valence-electron chi connectivity index (χ3n) is 6.15. The number of allylic oxidation sites excluding steroid dienone is 5. The molecule has 0 heterocycles. The topological polar surface area (TPSA) is 112 Å². The molecule has 0 aliphatic heterocycles. The maximum Gasteiger partial charge on any atom is 0.310 e. The lowest BCUT2D eigenvalue weighted by atomic mass is 9.76. The third-order valence-corrected chi connectivity index (χ3v) is 6.15. The Morgan fingerprint density at radius 1 is 0.824 bits per heavy atom.